The number of hydrogen-bond acceptors (Lipinski definition) is 6. The van der Waals surface area contributed by atoms with E-state index in [0.29, 0.717) is 0 Å². The summed E-state index contributed by atoms with van der Waals surface area (Å²) < 4.78 is 4.80. The molecule has 3 aromatic heterocycles. The lowest BCUT2D eigenvalue weighted by atomic mass is 9.87. The molecular weight excluding hydrogens is 793 g/mol. The molecule has 6 heteroatoms. The van der Waals surface area contributed by atoms with Crippen LogP contribution < -0.4 is 0 Å². The number of aromatic nitrogens is 2. The maximum Gasteiger partial charge on any atom is 0.0730 e. The van der Waals surface area contributed by atoms with Crippen molar-refractivity contribution in [3.63, 3.8) is 0 Å². The van der Waals surface area contributed by atoms with Gasteiger partial charge in [-0.15, -0.1) is 22.7 Å². The second-order valence-electron chi connectivity index (χ2n) is 16.5. The van der Waals surface area contributed by atoms with E-state index in [4.69, 9.17) is 9.97 Å². The Hall–Kier alpha value is -4.20. The molecule has 8 bridgehead atoms. The van der Waals surface area contributed by atoms with Crippen LogP contribution in [0.1, 0.15) is 87.3 Å². The first-order valence-corrected chi connectivity index (χ1v) is 24.2. The van der Waals surface area contributed by atoms with Gasteiger partial charge in [-0.05, 0) is 150 Å². The van der Waals surface area contributed by atoms with Gasteiger partial charge in [0.1, 0.15) is 0 Å². The summed E-state index contributed by atoms with van der Waals surface area (Å²) in [5, 5.41) is 0. The fourth-order valence-corrected chi connectivity index (χ4v) is 11.6. The van der Waals surface area contributed by atoms with Crippen molar-refractivity contribution >= 4 is 65.8 Å². The Labute approximate surface area is 379 Å². The lowest BCUT2D eigenvalue weighted by Gasteiger charge is -2.28. The summed E-state index contributed by atoms with van der Waals surface area (Å²) in [7, 11) is 0. The van der Waals surface area contributed by atoms with Crippen LogP contribution in [0, 0.1) is 62.2 Å². The number of thiophene rings is 2. The first-order chi connectivity index (χ1) is 30.6. The van der Waals surface area contributed by atoms with Crippen molar-refractivity contribution in [1.82, 2.24) is 19.8 Å². The molecule has 9 rings (SSSR count). The highest BCUT2D eigenvalue weighted by Gasteiger charge is 2.37. The predicted molar refractivity (Wildman–Crippen MR) is 268 cm³/mol. The van der Waals surface area contributed by atoms with E-state index in [1.54, 1.807) is 0 Å². The lowest BCUT2D eigenvalue weighted by molar-refractivity contribution is 0.288. The summed E-state index contributed by atoms with van der Waals surface area (Å²) in [5.41, 5.74) is 11.0. The van der Waals surface area contributed by atoms with Crippen LogP contribution >= 0.6 is 22.7 Å². The zero-order valence-corrected chi connectivity index (χ0v) is 38.2. The second-order valence-corrected chi connectivity index (χ2v) is 18.6. The maximum absolute atomic E-state index is 5.63. The van der Waals surface area contributed by atoms with E-state index < -0.39 is 0 Å². The standard InChI is InChI=1S/C56H56N4S2/c1-5-33-59(34-6-2)37-41-21-15-23-43(41)55-47-27-25-45(57-47)53(39-17-11-9-12-18-39)49-29-30-50(61-49)54(40-19-13-10-14-20-40)46-26-28-48(58-46)56(52-32-31-51(55)62-52)44-24-16-22-42(44)38-60(35-7-3)36-8-4/h9-32H,5-8,33-38H2,1-4H3. The summed E-state index contributed by atoms with van der Waals surface area (Å²) in [6, 6.07) is 30.8. The molecule has 2 aliphatic heterocycles. The molecule has 5 heterocycles. The molecular formula is C56H56N4S2. The molecule has 2 fully saturated rings. The van der Waals surface area contributed by atoms with E-state index in [2.05, 4.69) is 185 Å². The zero-order valence-electron chi connectivity index (χ0n) is 36.5. The lowest BCUT2D eigenvalue weighted by Crippen LogP contribution is -2.31. The first-order valence-electron chi connectivity index (χ1n) is 22.6. The molecule has 0 saturated heterocycles. The van der Waals surface area contributed by atoms with E-state index in [9.17, 15) is 0 Å². The third-order valence-corrected chi connectivity index (χ3v) is 14.2. The summed E-state index contributed by atoms with van der Waals surface area (Å²) in [4.78, 5) is 16.5. The van der Waals surface area contributed by atoms with Gasteiger partial charge in [0.05, 0.1) is 22.8 Å². The molecule has 0 unspecified atom stereocenters. The van der Waals surface area contributed by atoms with Crippen LogP contribution in [-0.4, -0.2) is 59.0 Å². The Morgan fingerprint density at radius 2 is 0.742 bits per heavy atom. The molecule has 0 N–H and O–H groups in total. The van der Waals surface area contributed by atoms with Crippen molar-refractivity contribution in [2.45, 2.75) is 53.4 Å². The van der Waals surface area contributed by atoms with Gasteiger partial charge in [-0.25, -0.2) is 9.97 Å². The Balaban J connectivity index is 1.34. The van der Waals surface area contributed by atoms with Crippen LogP contribution in [0.15, 0.2) is 84.9 Å². The second kappa shape index (κ2) is 20.1. The highest BCUT2D eigenvalue weighted by molar-refractivity contribution is 7.24. The molecule has 0 atom stereocenters. The maximum atomic E-state index is 5.63. The zero-order chi connectivity index (χ0) is 42.4. The molecule has 0 spiro atoms. The summed E-state index contributed by atoms with van der Waals surface area (Å²) in [5.74, 6) is 5.24. The van der Waals surface area contributed by atoms with Crippen LogP contribution in [0.3, 0.4) is 0 Å². The Kier molecular flexibility index (Phi) is 14.0. The van der Waals surface area contributed by atoms with E-state index in [-0.39, 0.29) is 0 Å². The van der Waals surface area contributed by atoms with E-state index in [1.807, 2.05) is 22.7 Å². The summed E-state index contributed by atoms with van der Waals surface area (Å²) in [6.45, 7) is 15.3. The van der Waals surface area contributed by atoms with Crippen LogP contribution in [0.5, 0.6) is 0 Å². The Morgan fingerprint density at radius 1 is 0.403 bits per heavy atom. The van der Waals surface area contributed by atoms with E-state index in [1.165, 1.54) is 53.6 Å². The SMILES string of the molecule is CCCN(CCC)C[C]1[CH][CH][CH][C]1c1c2nc(c(-c3ccccc3)c3ccc(s3)c(-c3ccccc3)c3nc(c([C]4[CH][CH][CH][C]4CN(CCC)CCC)c4ccc1s4)C=C3)C=C2. The number of fused-ring (bicyclic) bond motifs is 8. The highest BCUT2D eigenvalue weighted by atomic mass is 32.1. The third-order valence-electron chi connectivity index (χ3n) is 11.9. The number of benzene rings is 2. The van der Waals surface area contributed by atoms with Gasteiger partial charge in [-0.1, -0.05) is 88.4 Å². The molecule has 2 saturated carbocycles. The van der Waals surface area contributed by atoms with Gasteiger partial charge < -0.3 is 9.80 Å². The molecule has 4 aliphatic rings. The van der Waals surface area contributed by atoms with Crippen LogP contribution in [0.2, 0.25) is 0 Å². The molecule has 2 aromatic carbocycles. The van der Waals surface area contributed by atoms with Crippen molar-refractivity contribution in [1.29, 1.82) is 0 Å². The van der Waals surface area contributed by atoms with Gasteiger partial charge in [0.25, 0.3) is 0 Å². The van der Waals surface area contributed by atoms with Gasteiger partial charge in [-0.2, -0.15) is 0 Å². The van der Waals surface area contributed by atoms with E-state index in [0.717, 1.165) is 110 Å². The monoisotopic (exact) mass is 848 g/mol. The predicted octanol–water partition coefficient (Wildman–Crippen LogP) is 13.9. The average molecular weight is 849 g/mol. The topological polar surface area (TPSA) is 32.3 Å². The fourth-order valence-electron chi connectivity index (χ4n) is 9.30. The van der Waals surface area contributed by atoms with E-state index >= 15 is 0 Å². The molecule has 0 amide bonds. The van der Waals surface area contributed by atoms with Gasteiger partial charge in [-0.3, -0.25) is 0 Å². The molecule has 2 aliphatic carbocycles. The fraction of sp³-hybridized carbons (Fsp3) is 0.250. The molecule has 5 aromatic rings. The van der Waals surface area contributed by atoms with Crippen LogP contribution in [-0.2, 0) is 0 Å². The molecule has 312 valence electrons. The highest BCUT2D eigenvalue weighted by Crippen LogP contribution is 2.48. The van der Waals surface area contributed by atoms with Gasteiger partial charge in [0.2, 0.25) is 0 Å². The van der Waals surface area contributed by atoms with Gasteiger partial charge in [0.15, 0.2) is 0 Å². The summed E-state index contributed by atoms with van der Waals surface area (Å²) >= 11 is 3.69. The summed E-state index contributed by atoms with van der Waals surface area (Å²) in [6.07, 6.45) is 27.3. The normalized spacial score (nSPS) is 16.2. The van der Waals surface area contributed by atoms with Gasteiger partial charge in [0, 0.05) is 77.8 Å². The largest absolute Gasteiger partial charge is 0.303 e. The van der Waals surface area contributed by atoms with Crippen molar-refractivity contribution in [3.05, 3.63) is 181 Å². The minimum atomic E-state index is 0.916. The minimum Gasteiger partial charge on any atom is -0.303 e. The molecule has 10 radical (unpaired) electrons. The van der Waals surface area contributed by atoms with Crippen molar-refractivity contribution in [3.8, 4) is 22.3 Å². The number of nitrogens with zero attached hydrogens (tertiary/aromatic N) is 4. The third kappa shape index (κ3) is 9.09. The quantitative estimate of drug-likeness (QED) is 0.0970. The molecule has 62 heavy (non-hydrogen) atoms. The van der Waals surface area contributed by atoms with Crippen molar-refractivity contribution < 1.29 is 0 Å². The Bertz CT molecular complexity index is 2350. The smallest absolute Gasteiger partial charge is 0.0730 e. The van der Waals surface area contributed by atoms with Crippen molar-refractivity contribution in [2.24, 2.45) is 0 Å². The van der Waals surface area contributed by atoms with Gasteiger partial charge >= 0.3 is 0 Å². The average Bonchev–Trinajstić information content (AvgIpc) is 4.15. The van der Waals surface area contributed by atoms with Crippen molar-refractivity contribution in [2.75, 3.05) is 39.3 Å². The first kappa shape index (κ1) is 43.1. The number of hydrogen-bond donors (Lipinski definition) is 0. The molecule has 4 nitrogen and oxygen atoms in total. The van der Waals surface area contributed by atoms with Crippen LogP contribution in [0.4, 0.5) is 0 Å². The number of rotatable bonds is 16. The Morgan fingerprint density at radius 3 is 1.10 bits per heavy atom. The van der Waals surface area contributed by atoms with Crippen LogP contribution in [0.25, 0.3) is 65.4 Å². The minimum absolute atomic E-state index is 0.916.